The van der Waals surface area contributed by atoms with Gasteiger partial charge in [0.25, 0.3) is 0 Å². The highest BCUT2D eigenvalue weighted by molar-refractivity contribution is 5.91. The van der Waals surface area contributed by atoms with E-state index in [0.717, 1.165) is 11.1 Å². The van der Waals surface area contributed by atoms with Gasteiger partial charge in [-0.05, 0) is 49.6 Å². The highest BCUT2D eigenvalue weighted by Gasteiger charge is 2.16. The Morgan fingerprint density at radius 2 is 1.76 bits per heavy atom. The Morgan fingerprint density at radius 1 is 1.03 bits per heavy atom. The lowest BCUT2D eigenvalue weighted by atomic mass is 10.0. The molecule has 0 bridgehead atoms. The maximum atomic E-state index is 12.2. The summed E-state index contributed by atoms with van der Waals surface area (Å²) in [5.74, 6) is -0.398. The van der Waals surface area contributed by atoms with Crippen molar-refractivity contribution in [3.05, 3.63) is 75.1 Å². The molecular weight excluding hydrogens is 374 g/mol. The molecule has 0 atom stereocenters. The Kier molecular flexibility index (Phi) is 5.97. The maximum Gasteiger partial charge on any atom is 0.407 e. The van der Waals surface area contributed by atoms with Gasteiger partial charge in [-0.2, -0.15) is 0 Å². The second kappa shape index (κ2) is 8.60. The number of carbonyl (C=O) groups is 2. The minimum absolute atomic E-state index is 0.0990. The third-order valence-corrected chi connectivity index (χ3v) is 4.47. The largest absolute Gasteiger partial charge is 0.445 e. The molecular formula is C22H21NO6. The molecule has 2 aromatic carbocycles. The Balaban J connectivity index is 1.66. The number of hydrogen-bond donors (Lipinski definition) is 1. The molecule has 0 aliphatic heterocycles. The zero-order valence-electron chi connectivity index (χ0n) is 16.4. The summed E-state index contributed by atoms with van der Waals surface area (Å²) in [4.78, 5) is 35.9. The molecule has 1 aromatic heterocycles. The van der Waals surface area contributed by atoms with Crippen molar-refractivity contribution in [3.8, 4) is 5.75 Å². The summed E-state index contributed by atoms with van der Waals surface area (Å²) in [6.45, 7) is 4.95. The van der Waals surface area contributed by atoms with Crippen LogP contribution in [0.15, 0.2) is 51.7 Å². The third kappa shape index (κ3) is 4.82. The van der Waals surface area contributed by atoms with Crippen LogP contribution in [0.1, 0.15) is 22.3 Å². The van der Waals surface area contributed by atoms with Gasteiger partial charge in [0, 0.05) is 5.56 Å². The zero-order valence-corrected chi connectivity index (χ0v) is 16.4. The Morgan fingerprint density at radius 3 is 2.48 bits per heavy atom. The van der Waals surface area contributed by atoms with Crippen molar-refractivity contribution in [3.63, 3.8) is 0 Å². The van der Waals surface area contributed by atoms with Gasteiger partial charge in [-0.1, -0.05) is 30.3 Å². The number of hydrogen-bond acceptors (Lipinski definition) is 6. The molecule has 1 heterocycles. The molecule has 150 valence electrons. The van der Waals surface area contributed by atoms with Crippen LogP contribution in [0.2, 0.25) is 0 Å². The predicted molar refractivity (Wildman–Crippen MR) is 107 cm³/mol. The van der Waals surface area contributed by atoms with Crippen molar-refractivity contribution in [1.82, 2.24) is 5.32 Å². The molecule has 0 radical (unpaired) electrons. The molecule has 0 fully saturated rings. The first-order valence-electron chi connectivity index (χ1n) is 9.05. The summed E-state index contributed by atoms with van der Waals surface area (Å²) >= 11 is 0. The summed E-state index contributed by atoms with van der Waals surface area (Å²) in [5, 5.41) is 2.91. The van der Waals surface area contributed by atoms with E-state index in [9.17, 15) is 14.4 Å². The summed E-state index contributed by atoms with van der Waals surface area (Å²) in [5.41, 5.74) is 2.64. The molecule has 3 aromatic rings. The van der Waals surface area contributed by atoms with Gasteiger partial charge in [-0.25, -0.2) is 14.4 Å². The van der Waals surface area contributed by atoms with Gasteiger partial charge in [-0.15, -0.1) is 0 Å². The summed E-state index contributed by atoms with van der Waals surface area (Å²) in [7, 11) is 0. The number of aryl methyl sites for hydroxylation is 2. The maximum absolute atomic E-state index is 12.2. The van der Waals surface area contributed by atoms with Crippen LogP contribution in [0.3, 0.4) is 0 Å². The predicted octanol–water partition coefficient (Wildman–Crippen LogP) is 3.55. The van der Waals surface area contributed by atoms with E-state index in [2.05, 4.69) is 5.32 Å². The highest BCUT2D eigenvalue weighted by atomic mass is 16.6. The molecule has 3 rings (SSSR count). The third-order valence-electron chi connectivity index (χ3n) is 4.47. The Labute approximate surface area is 167 Å². The van der Waals surface area contributed by atoms with Crippen LogP contribution in [0.4, 0.5) is 4.79 Å². The van der Waals surface area contributed by atoms with Gasteiger partial charge in [0.15, 0.2) is 0 Å². The smallest absolute Gasteiger partial charge is 0.407 e. The molecule has 0 unspecified atom stereocenters. The molecule has 0 spiro atoms. The van der Waals surface area contributed by atoms with E-state index in [1.54, 1.807) is 32.9 Å². The average Bonchev–Trinajstić information content (AvgIpc) is 2.69. The van der Waals surface area contributed by atoms with Crippen molar-refractivity contribution >= 4 is 23.0 Å². The summed E-state index contributed by atoms with van der Waals surface area (Å²) in [6, 6.07) is 12.6. The van der Waals surface area contributed by atoms with Crippen LogP contribution >= 0.6 is 0 Å². The van der Waals surface area contributed by atoms with E-state index in [0.29, 0.717) is 22.1 Å². The second-order valence-electron chi connectivity index (χ2n) is 6.67. The minimum atomic E-state index is -0.724. The highest BCUT2D eigenvalue weighted by Crippen LogP contribution is 2.30. The van der Waals surface area contributed by atoms with Crippen molar-refractivity contribution in [2.75, 3.05) is 6.54 Å². The van der Waals surface area contributed by atoms with Crippen LogP contribution in [0.5, 0.6) is 5.75 Å². The Bertz CT molecular complexity index is 1120. The number of esters is 1. The topological polar surface area (TPSA) is 94.8 Å². The van der Waals surface area contributed by atoms with Crippen LogP contribution in [0.25, 0.3) is 11.0 Å². The lowest BCUT2D eigenvalue weighted by Gasteiger charge is -2.12. The fourth-order valence-corrected chi connectivity index (χ4v) is 2.85. The molecule has 1 N–H and O–H groups in total. The number of rotatable bonds is 5. The van der Waals surface area contributed by atoms with Crippen LogP contribution in [-0.4, -0.2) is 18.6 Å². The first kappa shape index (κ1) is 20.1. The monoisotopic (exact) mass is 395 g/mol. The number of alkyl carbamates (subject to hydrolysis) is 1. The quantitative estimate of drug-likeness (QED) is 0.403. The second-order valence-corrected chi connectivity index (χ2v) is 6.67. The van der Waals surface area contributed by atoms with E-state index in [1.807, 2.05) is 30.3 Å². The standard InChI is InChI=1S/C22H21NO6/c1-13-9-17(20-14(2)15(3)21(25)29-18(20)10-13)28-19(24)11-23-22(26)27-12-16-7-5-4-6-8-16/h4-10H,11-12H2,1-3H3,(H,23,26). The van der Waals surface area contributed by atoms with Crippen LogP contribution < -0.4 is 15.7 Å². The van der Waals surface area contributed by atoms with Crippen LogP contribution in [-0.2, 0) is 16.1 Å². The average molecular weight is 395 g/mol. The van der Waals surface area contributed by atoms with Gasteiger partial charge in [0.2, 0.25) is 0 Å². The molecule has 0 saturated carbocycles. The van der Waals surface area contributed by atoms with Gasteiger partial charge >= 0.3 is 17.7 Å². The lowest BCUT2D eigenvalue weighted by Crippen LogP contribution is -2.32. The number of nitrogens with one attached hydrogen (secondary N) is 1. The number of carbonyl (C=O) groups excluding carboxylic acids is 2. The molecule has 7 nitrogen and oxygen atoms in total. The van der Waals surface area contributed by atoms with E-state index < -0.39 is 17.7 Å². The first-order chi connectivity index (χ1) is 13.8. The fraction of sp³-hybridized carbons (Fsp3) is 0.227. The Hall–Kier alpha value is -3.61. The minimum Gasteiger partial charge on any atom is -0.445 e. The van der Waals surface area contributed by atoms with Crippen molar-refractivity contribution in [2.45, 2.75) is 27.4 Å². The normalized spacial score (nSPS) is 10.6. The fourth-order valence-electron chi connectivity index (χ4n) is 2.85. The molecule has 0 aliphatic carbocycles. The zero-order chi connectivity index (χ0) is 21.0. The number of ether oxygens (including phenoxy) is 2. The van der Waals surface area contributed by atoms with E-state index >= 15 is 0 Å². The van der Waals surface area contributed by atoms with Crippen molar-refractivity contribution in [2.24, 2.45) is 0 Å². The van der Waals surface area contributed by atoms with Gasteiger partial charge < -0.3 is 19.2 Å². The van der Waals surface area contributed by atoms with E-state index in [1.165, 1.54) is 0 Å². The molecule has 29 heavy (non-hydrogen) atoms. The van der Waals surface area contributed by atoms with E-state index in [-0.39, 0.29) is 18.9 Å². The summed E-state index contributed by atoms with van der Waals surface area (Å²) in [6.07, 6.45) is -0.724. The molecule has 0 aliphatic rings. The lowest BCUT2D eigenvalue weighted by molar-refractivity contribution is -0.133. The number of amides is 1. The molecule has 1 amide bonds. The van der Waals surface area contributed by atoms with Crippen molar-refractivity contribution in [1.29, 1.82) is 0 Å². The number of fused-ring (bicyclic) bond motifs is 1. The van der Waals surface area contributed by atoms with E-state index in [4.69, 9.17) is 13.9 Å². The van der Waals surface area contributed by atoms with Gasteiger partial charge in [-0.3, -0.25) is 0 Å². The van der Waals surface area contributed by atoms with Crippen LogP contribution in [0, 0.1) is 20.8 Å². The SMILES string of the molecule is Cc1cc(OC(=O)CNC(=O)OCc2ccccc2)c2c(C)c(C)c(=O)oc2c1. The number of benzene rings is 2. The molecule has 0 saturated heterocycles. The summed E-state index contributed by atoms with van der Waals surface area (Å²) < 4.78 is 15.8. The molecule has 7 heteroatoms. The van der Waals surface area contributed by atoms with Gasteiger partial charge in [0.1, 0.15) is 24.5 Å². The van der Waals surface area contributed by atoms with Gasteiger partial charge in [0.05, 0.1) is 5.39 Å². The van der Waals surface area contributed by atoms with Crippen molar-refractivity contribution < 1.29 is 23.5 Å². The first-order valence-corrected chi connectivity index (χ1v) is 9.05.